The number of terminal acetylenes is 1. The second-order valence-electron chi connectivity index (χ2n) is 5.76. The van der Waals surface area contributed by atoms with Crippen LogP contribution in [0.3, 0.4) is 0 Å². The topological polar surface area (TPSA) is 27.0 Å². The van der Waals surface area contributed by atoms with Crippen molar-refractivity contribution in [3.63, 3.8) is 0 Å². The highest BCUT2D eigenvalue weighted by Crippen LogP contribution is 2.24. The summed E-state index contributed by atoms with van der Waals surface area (Å²) in [5, 5.41) is 8.81. The number of hydrogen-bond acceptors (Lipinski definition) is 2. The molecule has 0 aromatic rings. The highest BCUT2D eigenvalue weighted by atomic mass is 28.4. The maximum absolute atomic E-state index is 8.81. The van der Waals surface area contributed by atoms with Crippen LogP contribution in [0.4, 0.5) is 0 Å². The van der Waals surface area contributed by atoms with Crippen molar-refractivity contribution in [2.45, 2.75) is 51.7 Å². The van der Waals surface area contributed by atoms with Crippen molar-refractivity contribution in [2.24, 2.45) is 0 Å². The number of nitrogens with zero attached hydrogens (tertiary/aromatic N) is 2. The predicted molar refractivity (Wildman–Crippen MR) is 71.4 cm³/mol. The van der Waals surface area contributed by atoms with Gasteiger partial charge in [-0.3, -0.25) is 0 Å². The van der Waals surface area contributed by atoms with Gasteiger partial charge >= 0.3 is 0 Å². The summed E-state index contributed by atoms with van der Waals surface area (Å²) in [5.41, 5.74) is 0. The third-order valence-electron chi connectivity index (χ3n) is 2.23. The van der Waals surface area contributed by atoms with E-state index in [4.69, 9.17) is 11.7 Å². The highest BCUT2D eigenvalue weighted by molar-refractivity contribution is 6.89. The average Bonchev–Trinajstić information content (AvgIpc) is 1.98. The van der Waals surface area contributed by atoms with Crippen molar-refractivity contribution < 1.29 is 0 Å². The summed E-state index contributed by atoms with van der Waals surface area (Å²) in [6, 6.07) is 2.21. The Hall–Kier alpha value is -0.556. The Morgan fingerprint density at radius 1 is 1.13 bits per heavy atom. The first-order chi connectivity index (χ1) is 6.64. The van der Waals surface area contributed by atoms with Gasteiger partial charge in [0, 0.05) is 0 Å². The van der Waals surface area contributed by atoms with Crippen LogP contribution in [0.5, 0.6) is 0 Å². The Balaban J connectivity index is 5.14. The lowest BCUT2D eigenvalue weighted by molar-refractivity contribution is 0.537. The molecule has 0 saturated heterocycles. The summed E-state index contributed by atoms with van der Waals surface area (Å²) < 4.78 is 2.50. The number of hydrogen-bond donors (Lipinski definition) is 0. The molecule has 0 aliphatic rings. The van der Waals surface area contributed by atoms with Gasteiger partial charge in [-0.05, 0) is 0 Å². The molecule has 0 N–H and O–H groups in total. The molecule has 15 heavy (non-hydrogen) atoms. The van der Waals surface area contributed by atoms with E-state index in [1.165, 1.54) is 0 Å². The van der Waals surface area contributed by atoms with E-state index in [1.807, 2.05) is 0 Å². The highest BCUT2D eigenvalue weighted by Gasteiger charge is 2.38. The maximum Gasteiger partial charge on any atom is 0.113 e. The standard InChI is InChI=1S/C11H22N2Si2/c1-8-11(9-10-12)13(14(2,3)4)15(5,6)7/h1,11H,9H2,2-7H3. The molecule has 0 aromatic heterocycles. The second-order valence-corrected chi connectivity index (χ2v) is 15.9. The van der Waals surface area contributed by atoms with E-state index in [2.05, 4.69) is 55.5 Å². The molecule has 84 valence electrons. The molecule has 0 radical (unpaired) electrons. The molecule has 0 aliphatic heterocycles. The fraction of sp³-hybridized carbons (Fsp3) is 0.727. The predicted octanol–water partition coefficient (Wildman–Crippen LogP) is 2.87. The lowest BCUT2D eigenvalue weighted by Gasteiger charge is -2.46. The van der Waals surface area contributed by atoms with Crippen LogP contribution in [0, 0.1) is 23.7 Å². The van der Waals surface area contributed by atoms with Gasteiger partial charge in [0.05, 0.1) is 18.5 Å². The van der Waals surface area contributed by atoms with Crippen LogP contribution in [0.25, 0.3) is 0 Å². The Labute approximate surface area is 96.5 Å². The molecule has 1 unspecified atom stereocenters. The van der Waals surface area contributed by atoms with E-state index < -0.39 is 16.5 Å². The molecular formula is C11H22N2Si2. The summed E-state index contributed by atoms with van der Waals surface area (Å²) in [6.07, 6.45) is 6.00. The molecular weight excluding hydrogens is 216 g/mol. The first-order valence-electron chi connectivity index (χ1n) is 5.27. The van der Waals surface area contributed by atoms with E-state index in [0.717, 1.165) is 0 Å². The zero-order valence-electron chi connectivity index (χ0n) is 10.8. The van der Waals surface area contributed by atoms with Crippen molar-refractivity contribution in [1.29, 1.82) is 5.26 Å². The van der Waals surface area contributed by atoms with Crippen LogP contribution in [-0.4, -0.2) is 26.7 Å². The molecule has 4 heteroatoms. The van der Waals surface area contributed by atoms with Crippen molar-refractivity contribution in [1.82, 2.24) is 4.23 Å². The fourth-order valence-corrected chi connectivity index (χ4v) is 12.5. The zero-order chi connectivity index (χ0) is 12.3. The van der Waals surface area contributed by atoms with E-state index in [-0.39, 0.29) is 6.04 Å². The summed E-state index contributed by atoms with van der Waals surface area (Å²) >= 11 is 0. The van der Waals surface area contributed by atoms with Crippen LogP contribution in [0.15, 0.2) is 0 Å². The second kappa shape index (κ2) is 4.98. The number of rotatable bonds is 4. The largest absolute Gasteiger partial charge is 0.332 e. The third kappa shape index (κ3) is 4.21. The van der Waals surface area contributed by atoms with Crippen LogP contribution < -0.4 is 0 Å². The smallest absolute Gasteiger partial charge is 0.113 e. The van der Waals surface area contributed by atoms with Crippen molar-refractivity contribution in [2.75, 3.05) is 0 Å². The first-order valence-corrected chi connectivity index (χ1v) is 12.2. The molecule has 0 spiro atoms. The van der Waals surface area contributed by atoms with Gasteiger partial charge < -0.3 is 4.23 Å². The Morgan fingerprint density at radius 2 is 1.53 bits per heavy atom. The first kappa shape index (κ1) is 14.4. The van der Waals surface area contributed by atoms with Gasteiger partial charge in [-0.2, -0.15) is 5.26 Å². The van der Waals surface area contributed by atoms with Gasteiger partial charge in [0.2, 0.25) is 0 Å². The van der Waals surface area contributed by atoms with Crippen LogP contribution in [0.1, 0.15) is 6.42 Å². The van der Waals surface area contributed by atoms with E-state index in [1.54, 1.807) is 0 Å². The van der Waals surface area contributed by atoms with Crippen LogP contribution in [-0.2, 0) is 0 Å². The SMILES string of the molecule is C#CC(CC#N)N([Si](C)(C)C)[Si](C)(C)C. The zero-order valence-corrected chi connectivity index (χ0v) is 12.8. The summed E-state index contributed by atoms with van der Waals surface area (Å²) in [5.74, 6) is 2.79. The quantitative estimate of drug-likeness (QED) is 0.556. The molecule has 1 atom stereocenters. The Morgan fingerprint density at radius 3 is 1.73 bits per heavy atom. The molecule has 0 saturated carbocycles. The average molecular weight is 238 g/mol. The third-order valence-corrected chi connectivity index (χ3v) is 9.77. The van der Waals surface area contributed by atoms with Crippen molar-refractivity contribution >= 4 is 16.5 Å². The van der Waals surface area contributed by atoms with Gasteiger partial charge in [-0.25, -0.2) is 0 Å². The molecule has 0 aliphatic carbocycles. The molecule has 2 nitrogen and oxygen atoms in total. The Bertz CT molecular complexity index is 272. The van der Waals surface area contributed by atoms with E-state index in [0.29, 0.717) is 6.42 Å². The minimum Gasteiger partial charge on any atom is -0.332 e. The van der Waals surface area contributed by atoms with Gasteiger partial charge in [-0.1, -0.05) is 45.2 Å². The summed E-state index contributed by atoms with van der Waals surface area (Å²) in [6.45, 7) is 13.8. The summed E-state index contributed by atoms with van der Waals surface area (Å²) in [4.78, 5) is 0. The maximum atomic E-state index is 8.81. The normalized spacial score (nSPS) is 14.5. The van der Waals surface area contributed by atoms with Gasteiger partial charge in [0.25, 0.3) is 0 Å². The molecule has 0 rings (SSSR count). The van der Waals surface area contributed by atoms with E-state index in [9.17, 15) is 0 Å². The lowest BCUT2D eigenvalue weighted by atomic mass is 10.2. The molecule has 0 amide bonds. The lowest BCUT2D eigenvalue weighted by Crippen LogP contribution is -2.62. The Kier molecular flexibility index (Phi) is 4.80. The van der Waals surface area contributed by atoms with Crippen molar-refractivity contribution in [3.05, 3.63) is 0 Å². The van der Waals surface area contributed by atoms with Crippen LogP contribution >= 0.6 is 0 Å². The molecule has 0 aromatic carbocycles. The fourth-order valence-electron chi connectivity index (χ4n) is 2.25. The number of nitriles is 1. The molecule has 0 bridgehead atoms. The molecule has 0 fully saturated rings. The van der Waals surface area contributed by atoms with E-state index >= 15 is 0 Å². The minimum atomic E-state index is -1.44. The van der Waals surface area contributed by atoms with Gasteiger partial charge in [0.1, 0.15) is 16.5 Å². The van der Waals surface area contributed by atoms with Gasteiger partial charge in [0.15, 0.2) is 0 Å². The minimum absolute atomic E-state index is 0.00772. The van der Waals surface area contributed by atoms with Crippen LogP contribution in [0.2, 0.25) is 39.3 Å². The molecule has 0 heterocycles. The summed E-state index contributed by atoms with van der Waals surface area (Å²) in [7, 11) is -2.88. The van der Waals surface area contributed by atoms with Crippen molar-refractivity contribution in [3.8, 4) is 18.4 Å². The monoisotopic (exact) mass is 238 g/mol. The van der Waals surface area contributed by atoms with Gasteiger partial charge in [-0.15, -0.1) is 6.42 Å².